The molecule has 5 nitrogen and oxygen atoms in total. The standard InChI is InChI=1S/C26H53N3O2/c1-5-7-8-9-10-11-12-13-14-15-16-17-18-19-20-22-25(30)31-26(27-6-2)28-23-21-24-29(3)4/h5-24H2,1-4H3,(H,27,28). The minimum atomic E-state index is -0.165. The third kappa shape index (κ3) is 23.4. The van der Waals surface area contributed by atoms with Crippen molar-refractivity contribution in [2.24, 2.45) is 4.99 Å². The van der Waals surface area contributed by atoms with Gasteiger partial charge in [0.2, 0.25) is 0 Å². The fourth-order valence-electron chi connectivity index (χ4n) is 3.64. The number of unbranched alkanes of at least 4 members (excludes halogenated alkanes) is 14. The summed E-state index contributed by atoms with van der Waals surface area (Å²) >= 11 is 0. The van der Waals surface area contributed by atoms with E-state index in [1.165, 1.54) is 83.5 Å². The number of carbonyl (C=O) groups excluding carboxylic acids is 1. The molecule has 0 aromatic rings. The highest BCUT2D eigenvalue weighted by Gasteiger charge is 2.07. The summed E-state index contributed by atoms with van der Waals surface area (Å²) in [6, 6.07) is 0.382. The highest BCUT2D eigenvalue weighted by molar-refractivity contribution is 5.87. The molecule has 0 radical (unpaired) electrons. The Hall–Kier alpha value is -1.10. The molecule has 0 aromatic carbocycles. The van der Waals surface area contributed by atoms with Gasteiger partial charge >= 0.3 is 5.97 Å². The molecule has 0 aliphatic heterocycles. The molecule has 0 bridgehead atoms. The highest BCUT2D eigenvalue weighted by Crippen LogP contribution is 2.13. The van der Waals surface area contributed by atoms with Gasteiger partial charge in [-0.25, -0.2) is 4.99 Å². The van der Waals surface area contributed by atoms with Crippen molar-refractivity contribution in [1.29, 1.82) is 0 Å². The first-order chi connectivity index (χ1) is 15.1. The fraction of sp³-hybridized carbons (Fsp3) is 0.923. The van der Waals surface area contributed by atoms with Gasteiger partial charge in [-0.05, 0) is 40.4 Å². The topological polar surface area (TPSA) is 53.9 Å². The van der Waals surface area contributed by atoms with Crippen LogP contribution in [0.4, 0.5) is 0 Å². The lowest BCUT2D eigenvalue weighted by atomic mass is 10.0. The number of esters is 1. The van der Waals surface area contributed by atoms with Gasteiger partial charge in [-0.3, -0.25) is 4.79 Å². The molecular formula is C26H53N3O2. The zero-order chi connectivity index (χ0) is 23.0. The molecule has 0 spiro atoms. The molecule has 31 heavy (non-hydrogen) atoms. The number of rotatable bonds is 21. The molecule has 0 saturated carbocycles. The minimum absolute atomic E-state index is 0.165. The van der Waals surface area contributed by atoms with Gasteiger partial charge in [-0.2, -0.15) is 0 Å². The Morgan fingerprint density at radius 1 is 0.742 bits per heavy atom. The Bertz CT molecular complexity index is 425. The highest BCUT2D eigenvalue weighted by atomic mass is 16.6. The number of carbonyl (C=O) groups is 1. The average Bonchev–Trinajstić information content (AvgIpc) is 2.74. The van der Waals surface area contributed by atoms with E-state index in [-0.39, 0.29) is 5.97 Å². The molecule has 0 atom stereocenters. The fourth-order valence-corrected chi connectivity index (χ4v) is 3.64. The van der Waals surface area contributed by atoms with Crippen LogP contribution in [0.2, 0.25) is 0 Å². The summed E-state index contributed by atoms with van der Waals surface area (Å²) in [4.78, 5) is 18.6. The zero-order valence-corrected chi connectivity index (χ0v) is 21.4. The molecule has 0 rings (SSSR count). The van der Waals surface area contributed by atoms with E-state index in [2.05, 4.69) is 22.1 Å². The molecule has 184 valence electrons. The molecule has 0 unspecified atom stereocenters. The lowest BCUT2D eigenvalue weighted by molar-refractivity contribution is -0.135. The van der Waals surface area contributed by atoms with Crippen LogP contribution < -0.4 is 5.32 Å². The van der Waals surface area contributed by atoms with Gasteiger partial charge in [0, 0.05) is 19.5 Å². The molecule has 0 heterocycles. The molecule has 0 aliphatic carbocycles. The van der Waals surface area contributed by atoms with Gasteiger partial charge in [-0.1, -0.05) is 96.8 Å². The summed E-state index contributed by atoms with van der Waals surface area (Å²) in [6.45, 7) is 6.62. The maximum absolute atomic E-state index is 12.1. The van der Waals surface area contributed by atoms with Crippen LogP contribution in [0.25, 0.3) is 0 Å². The number of hydrogen-bond donors (Lipinski definition) is 1. The smallest absolute Gasteiger partial charge is 0.313 e. The molecule has 0 aromatic heterocycles. The third-order valence-corrected chi connectivity index (χ3v) is 5.54. The van der Waals surface area contributed by atoms with Crippen molar-refractivity contribution in [1.82, 2.24) is 10.2 Å². The molecule has 0 aliphatic rings. The van der Waals surface area contributed by atoms with E-state index in [0.29, 0.717) is 25.5 Å². The Kier molecular flexibility index (Phi) is 22.7. The van der Waals surface area contributed by atoms with Crippen molar-refractivity contribution in [3.05, 3.63) is 0 Å². The van der Waals surface area contributed by atoms with Gasteiger partial charge < -0.3 is 15.0 Å². The predicted octanol–water partition coefficient (Wildman–Crippen LogP) is 6.71. The van der Waals surface area contributed by atoms with Crippen LogP contribution in [-0.2, 0) is 9.53 Å². The minimum Gasteiger partial charge on any atom is -0.393 e. The van der Waals surface area contributed by atoms with Crippen molar-refractivity contribution in [3.8, 4) is 0 Å². The van der Waals surface area contributed by atoms with Crippen molar-refractivity contribution in [2.75, 3.05) is 33.7 Å². The van der Waals surface area contributed by atoms with Crippen LogP contribution in [0.15, 0.2) is 4.99 Å². The maximum Gasteiger partial charge on any atom is 0.313 e. The summed E-state index contributed by atoms with van der Waals surface area (Å²) in [5, 5.41) is 3.05. The Morgan fingerprint density at radius 3 is 1.68 bits per heavy atom. The Balaban J connectivity index is 3.54. The van der Waals surface area contributed by atoms with Gasteiger partial charge in [0.05, 0.1) is 0 Å². The zero-order valence-electron chi connectivity index (χ0n) is 21.4. The predicted molar refractivity (Wildman–Crippen MR) is 135 cm³/mol. The van der Waals surface area contributed by atoms with Crippen LogP contribution in [0.3, 0.4) is 0 Å². The molecule has 1 N–H and O–H groups in total. The van der Waals surface area contributed by atoms with Gasteiger partial charge in [-0.15, -0.1) is 0 Å². The summed E-state index contributed by atoms with van der Waals surface area (Å²) in [5.41, 5.74) is 0. The van der Waals surface area contributed by atoms with E-state index < -0.39 is 0 Å². The van der Waals surface area contributed by atoms with E-state index in [0.717, 1.165) is 25.8 Å². The summed E-state index contributed by atoms with van der Waals surface area (Å²) in [5.74, 6) is -0.165. The van der Waals surface area contributed by atoms with Crippen LogP contribution in [0.5, 0.6) is 0 Å². The molecular weight excluding hydrogens is 386 g/mol. The lowest BCUT2D eigenvalue weighted by Gasteiger charge is -2.10. The molecule has 0 amide bonds. The molecule has 5 heteroatoms. The molecule has 0 saturated heterocycles. The average molecular weight is 440 g/mol. The summed E-state index contributed by atoms with van der Waals surface area (Å²) in [7, 11) is 4.10. The quantitative estimate of drug-likeness (QED) is 0.0934. The third-order valence-electron chi connectivity index (χ3n) is 5.54. The summed E-state index contributed by atoms with van der Waals surface area (Å²) < 4.78 is 5.40. The van der Waals surface area contributed by atoms with Crippen molar-refractivity contribution in [2.45, 2.75) is 123 Å². The lowest BCUT2D eigenvalue weighted by Crippen LogP contribution is -2.29. The van der Waals surface area contributed by atoms with Crippen LogP contribution in [-0.4, -0.2) is 50.6 Å². The van der Waals surface area contributed by atoms with Gasteiger partial charge in [0.1, 0.15) is 0 Å². The second-order valence-corrected chi connectivity index (χ2v) is 9.05. The van der Waals surface area contributed by atoms with Crippen LogP contribution in [0, 0.1) is 0 Å². The van der Waals surface area contributed by atoms with E-state index in [4.69, 9.17) is 4.74 Å². The van der Waals surface area contributed by atoms with Crippen LogP contribution >= 0.6 is 0 Å². The second-order valence-electron chi connectivity index (χ2n) is 9.05. The number of nitrogens with one attached hydrogen (secondary N) is 1. The van der Waals surface area contributed by atoms with Gasteiger partial charge in [0.25, 0.3) is 6.02 Å². The van der Waals surface area contributed by atoms with E-state index in [1.807, 2.05) is 21.0 Å². The first-order valence-electron chi connectivity index (χ1n) is 13.2. The number of nitrogens with zero attached hydrogens (tertiary/aromatic N) is 2. The van der Waals surface area contributed by atoms with Crippen LogP contribution in [0.1, 0.15) is 123 Å². The Morgan fingerprint density at radius 2 is 1.23 bits per heavy atom. The number of amidine groups is 1. The normalized spacial score (nSPS) is 11.8. The van der Waals surface area contributed by atoms with E-state index in [1.54, 1.807) is 0 Å². The Labute approximate surface area is 193 Å². The summed E-state index contributed by atoms with van der Waals surface area (Å²) in [6.07, 6.45) is 21.4. The second kappa shape index (κ2) is 23.6. The van der Waals surface area contributed by atoms with Gasteiger partial charge in [0.15, 0.2) is 0 Å². The number of hydrogen-bond acceptors (Lipinski definition) is 4. The van der Waals surface area contributed by atoms with E-state index >= 15 is 0 Å². The van der Waals surface area contributed by atoms with Crippen molar-refractivity contribution >= 4 is 12.0 Å². The first kappa shape index (κ1) is 29.9. The largest absolute Gasteiger partial charge is 0.393 e. The first-order valence-corrected chi connectivity index (χ1v) is 13.2. The SMILES string of the molecule is CCCCCCCCCCCCCCCCCC(=O)OC(=NCCCN(C)C)NCC. The maximum atomic E-state index is 12.1. The monoisotopic (exact) mass is 439 g/mol. The number of ether oxygens (including phenoxy) is 1. The number of aliphatic imine (C=N–C) groups is 1. The molecule has 0 fully saturated rings. The van der Waals surface area contributed by atoms with Crippen molar-refractivity contribution in [3.63, 3.8) is 0 Å². The van der Waals surface area contributed by atoms with E-state index in [9.17, 15) is 4.79 Å². The van der Waals surface area contributed by atoms with Crippen molar-refractivity contribution < 1.29 is 9.53 Å².